The quantitative estimate of drug-likeness (QED) is 0.182. The fourth-order valence-electron chi connectivity index (χ4n) is 2.19. The van der Waals surface area contributed by atoms with Crippen molar-refractivity contribution in [1.29, 1.82) is 0 Å². The fourth-order valence-corrected chi connectivity index (χ4v) is 3.21. The number of nitrogens with one attached hydrogen (secondary N) is 1. The molecule has 3 aromatic rings. The lowest BCUT2D eigenvalue weighted by Crippen LogP contribution is -2.14. The molecule has 0 saturated heterocycles. The van der Waals surface area contributed by atoms with E-state index < -0.39 is 0 Å². The smallest absolute Gasteiger partial charge is 0.264 e. The summed E-state index contributed by atoms with van der Waals surface area (Å²) in [6.45, 7) is 1.77. The SMILES string of the molecule is C/C(=N\Nc1nnc(SCC(=O)c2ccc(Br)cc2)n1N)c1ccc(F)cc1. The van der Waals surface area contributed by atoms with Gasteiger partial charge in [-0.1, -0.05) is 52.0 Å². The molecule has 0 aliphatic heterocycles. The van der Waals surface area contributed by atoms with E-state index in [-0.39, 0.29) is 23.3 Å². The van der Waals surface area contributed by atoms with Gasteiger partial charge in [0.25, 0.3) is 5.95 Å². The van der Waals surface area contributed by atoms with Crippen LogP contribution in [-0.2, 0) is 0 Å². The summed E-state index contributed by atoms with van der Waals surface area (Å²) in [4.78, 5) is 12.2. The standard InChI is InChI=1S/C18H16BrFN6OS/c1-11(12-4-8-15(20)9-5-12)22-23-17-24-25-18(26(17)21)28-10-16(27)13-2-6-14(19)7-3-13/h2-9H,10,21H2,1H3,(H,23,24)/b22-11+. The lowest BCUT2D eigenvalue weighted by Gasteiger charge is -2.04. The highest BCUT2D eigenvalue weighted by molar-refractivity contribution is 9.10. The number of benzene rings is 2. The van der Waals surface area contributed by atoms with Gasteiger partial charge in [-0.15, -0.1) is 10.2 Å². The molecule has 0 saturated carbocycles. The van der Waals surface area contributed by atoms with Crippen LogP contribution in [0.4, 0.5) is 10.3 Å². The number of nitrogens with two attached hydrogens (primary N) is 1. The van der Waals surface area contributed by atoms with Gasteiger partial charge in [0.15, 0.2) is 5.78 Å². The molecule has 1 heterocycles. The van der Waals surface area contributed by atoms with Crippen LogP contribution >= 0.6 is 27.7 Å². The van der Waals surface area contributed by atoms with Crippen molar-refractivity contribution >= 4 is 45.1 Å². The van der Waals surface area contributed by atoms with E-state index in [2.05, 4.69) is 36.7 Å². The van der Waals surface area contributed by atoms with Crippen LogP contribution in [-0.4, -0.2) is 32.1 Å². The molecule has 0 aliphatic rings. The number of thioether (sulfide) groups is 1. The van der Waals surface area contributed by atoms with E-state index in [0.717, 1.165) is 10.0 Å². The van der Waals surface area contributed by atoms with Gasteiger partial charge in [-0.05, 0) is 36.8 Å². The number of anilines is 1. The first-order valence-electron chi connectivity index (χ1n) is 8.12. The Hall–Kier alpha value is -2.72. The molecule has 0 radical (unpaired) electrons. The van der Waals surface area contributed by atoms with Crippen LogP contribution in [0.1, 0.15) is 22.8 Å². The lowest BCUT2D eigenvalue weighted by molar-refractivity contribution is 0.102. The summed E-state index contributed by atoms with van der Waals surface area (Å²) >= 11 is 4.52. The molecule has 10 heteroatoms. The number of ketones is 1. The number of carbonyl (C=O) groups is 1. The molecule has 2 aromatic carbocycles. The molecule has 0 aliphatic carbocycles. The largest absolute Gasteiger partial charge is 0.334 e. The van der Waals surface area contributed by atoms with Gasteiger partial charge < -0.3 is 5.84 Å². The summed E-state index contributed by atoms with van der Waals surface area (Å²) in [6.07, 6.45) is 0. The zero-order valence-corrected chi connectivity index (χ0v) is 17.2. The van der Waals surface area contributed by atoms with Gasteiger partial charge in [-0.25, -0.2) is 14.5 Å². The minimum absolute atomic E-state index is 0.0415. The Bertz CT molecular complexity index is 1000. The van der Waals surface area contributed by atoms with Crippen molar-refractivity contribution in [3.05, 3.63) is 69.9 Å². The normalized spacial score (nSPS) is 11.5. The Balaban J connectivity index is 1.61. The molecule has 0 amide bonds. The first-order valence-corrected chi connectivity index (χ1v) is 9.90. The predicted molar refractivity (Wildman–Crippen MR) is 112 cm³/mol. The van der Waals surface area contributed by atoms with Gasteiger partial charge >= 0.3 is 0 Å². The van der Waals surface area contributed by atoms with Gasteiger partial charge in [0.05, 0.1) is 11.5 Å². The molecule has 0 atom stereocenters. The molecule has 0 fully saturated rings. The van der Waals surface area contributed by atoms with Crippen molar-refractivity contribution in [2.75, 3.05) is 17.0 Å². The second kappa shape index (κ2) is 8.98. The van der Waals surface area contributed by atoms with Crippen molar-refractivity contribution < 1.29 is 9.18 Å². The molecule has 3 N–H and O–H groups in total. The third-order valence-electron chi connectivity index (χ3n) is 3.75. The number of hydrogen-bond acceptors (Lipinski definition) is 7. The predicted octanol–water partition coefficient (Wildman–Crippen LogP) is 3.70. The number of halogens is 2. The maximum atomic E-state index is 13.0. The average Bonchev–Trinajstić information content (AvgIpc) is 3.05. The Labute approximate surface area is 173 Å². The Kier molecular flexibility index (Phi) is 6.42. The van der Waals surface area contributed by atoms with Crippen molar-refractivity contribution in [3.8, 4) is 0 Å². The number of carbonyl (C=O) groups excluding carboxylic acids is 1. The van der Waals surface area contributed by atoms with Crippen LogP contribution in [0.3, 0.4) is 0 Å². The van der Waals surface area contributed by atoms with Crippen LogP contribution in [0.2, 0.25) is 0 Å². The number of rotatable bonds is 7. The van der Waals surface area contributed by atoms with Crippen molar-refractivity contribution in [2.45, 2.75) is 12.1 Å². The highest BCUT2D eigenvalue weighted by Crippen LogP contribution is 2.19. The Morgan fingerprint density at radius 2 is 1.82 bits per heavy atom. The van der Waals surface area contributed by atoms with Crippen LogP contribution in [0, 0.1) is 5.82 Å². The van der Waals surface area contributed by atoms with Crippen LogP contribution < -0.4 is 11.3 Å². The lowest BCUT2D eigenvalue weighted by atomic mass is 10.1. The molecule has 3 rings (SSSR count). The van der Waals surface area contributed by atoms with E-state index in [1.54, 1.807) is 31.2 Å². The highest BCUT2D eigenvalue weighted by atomic mass is 79.9. The first kappa shape index (κ1) is 20.0. The minimum Gasteiger partial charge on any atom is -0.334 e. The second-order valence-corrected chi connectivity index (χ2v) is 7.57. The summed E-state index contributed by atoms with van der Waals surface area (Å²) in [5.41, 5.74) is 4.72. The summed E-state index contributed by atoms with van der Waals surface area (Å²) < 4.78 is 15.1. The molecular formula is C18H16BrFN6OS. The number of hydrogen-bond donors (Lipinski definition) is 2. The highest BCUT2D eigenvalue weighted by Gasteiger charge is 2.13. The molecule has 28 heavy (non-hydrogen) atoms. The first-order chi connectivity index (χ1) is 13.4. The molecule has 7 nitrogen and oxygen atoms in total. The van der Waals surface area contributed by atoms with Crippen LogP contribution in [0.25, 0.3) is 0 Å². The molecule has 0 spiro atoms. The van der Waals surface area contributed by atoms with E-state index in [4.69, 9.17) is 5.84 Å². The number of Topliss-reactive ketones (excluding diaryl/α,β-unsaturated/α-hetero) is 1. The molecule has 144 valence electrons. The maximum Gasteiger partial charge on any atom is 0.264 e. The maximum absolute atomic E-state index is 13.0. The van der Waals surface area contributed by atoms with Gasteiger partial charge in [-0.3, -0.25) is 4.79 Å². The van der Waals surface area contributed by atoms with Crippen LogP contribution in [0.5, 0.6) is 0 Å². The summed E-state index contributed by atoms with van der Waals surface area (Å²) in [5.74, 6) is 6.01. The molecule has 1 aromatic heterocycles. The molecular weight excluding hydrogens is 447 g/mol. The summed E-state index contributed by atoms with van der Waals surface area (Å²) in [7, 11) is 0. The van der Waals surface area contributed by atoms with Gasteiger partial charge in [0.2, 0.25) is 5.16 Å². The van der Waals surface area contributed by atoms with E-state index in [9.17, 15) is 9.18 Å². The van der Waals surface area contributed by atoms with E-state index >= 15 is 0 Å². The van der Waals surface area contributed by atoms with E-state index in [1.807, 2.05) is 12.1 Å². The van der Waals surface area contributed by atoms with Crippen molar-refractivity contribution in [1.82, 2.24) is 14.9 Å². The van der Waals surface area contributed by atoms with E-state index in [0.29, 0.717) is 16.4 Å². The van der Waals surface area contributed by atoms with Crippen LogP contribution in [0.15, 0.2) is 63.3 Å². The van der Waals surface area contributed by atoms with Crippen molar-refractivity contribution in [2.24, 2.45) is 5.10 Å². The topological polar surface area (TPSA) is 98.2 Å². The van der Waals surface area contributed by atoms with Gasteiger partial charge in [0, 0.05) is 10.0 Å². The third-order valence-corrected chi connectivity index (χ3v) is 5.22. The summed E-state index contributed by atoms with van der Waals surface area (Å²) in [5, 5.41) is 12.5. The van der Waals surface area contributed by atoms with E-state index in [1.165, 1.54) is 28.6 Å². The number of nitrogens with zero attached hydrogens (tertiary/aromatic N) is 4. The number of hydrazone groups is 1. The molecule has 0 bridgehead atoms. The monoisotopic (exact) mass is 462 g/mol. The zero-order valence-electron chi connectivity index (χ0n) is 14.8. The third kappa shape index (κ3) is 4.96. The van der Waals surface area contributed by atoms with Gasteiger partial charge in [-0.2, -0.15) is 5.10 Å². The van der Waals surface area contributed by atoms with Gasteiger partial charge in [0.1, 0.15) is 5.82 Å². The molecule has 0 unspecified atom stereocenters. The minimum atomic E-state index is -0.314. The number of nitrogen functional groups attached to an aromatic ring is 1. The van der Waals surface area contributed by atoms with Crippen molar-refractivity contribution in [3.63, 3.8) is 0 Å². The fraction of sp³-hybridized carbons (Fsp3) is 0.111. The zero-order chi connectivity index (χ0) is 20.1. The Morgan fingerprint density at radius 1 is 1.18 bits per heavy atom. The second-order valence-electron chi connectivity index (χ2n) is 5.71. The number of aromatic nitrogens is 3. The Morgan fingerprint density at radius 3 is 2.50 bits per heavy atom. The summed E-state index contributed by atoms with van der Waals surface area (Å²) in [6, 6.07) is 13.1. The average molecular weight is 463 g/mol.